The monoisotopic (exact) mass is 537 g/mol. The number of rotatable bonds is 6. The fourth-order valence-corrected chi connectivity index (χ4v) is 4.70. The van der Waals surface area contributed by atoms with Crippen LogP contribution in [-0.2, 0) is 4.74 Å². The zero-order valence-corrected chi connectivity index (χ0v) is 21.3. The molecule has 1 amide bonds. The van der Waals surface area contributed by atoms with Crippen LogP contribution in [-0.4, -0.2) is 32.7 Å². The average molecular weight is 538 g/mol. The molecule has 1 aliphatic rings. The smallest absolute Gasteiger partial charge is 0.417 e. The second-order valence-corrected chi connectivity index (χ2v) is 9.40. The molecule has 11 heteroatoms. The second kappa shape index (κ2) is 11.0. The minimum Gasteiger partial charge on any atom is -0.761 e. The summed E-state index contributed by atoms with van der Waals surface area (Å²) in [7, 11) is 0. The Kier molecular flexibility index (Phi) is 6.96. The van der Waals surface area contributed by atoms with Crippen molar-refractivity contribution in [3.63, 3.8) is 0 Å². The number of aromatic nitrogens is 4. The molecule has 11 nitrogen and oxygen atoms in total. The molecule has 0 saturated carbocycles. The number of anilines is 2. The molecule has 202 valence electrons. The second-order valence-electron chi connectivity index (χ2n) is 9.40. The minimum atomic E-state index is -0.672. The van der Waals surface area contributed by atoms with Gasteiger partial charge in [-0.3, -0.25) is 10.1 Å². The van der Waals surface area contributed by atoms with Crippen LogP contribution in [0, 0.1) is 5.21 Å². The average Bonchev–Trinajstić information content (AvgIpc) is 3.42. The number of nitrogens with zero attached hydrogens (tertiary/aromatic N) is 3. The maximum Gasteiger partial charge on any atom is 0.417 e. The standard InChI is InChI=1S/C29H25N6O5/c36-28-24(19-6-13-26-20(15-19)17-30-35(26)27-3-1-2-14-39-27)16-25(32-33-28)18-4-7-21(8-5-18)31-29(37)40-23-11-9-22(34-38)10-12-23/h4-13,15-17,27,34H,1-3,14H2,(H,31,37)(H,33,36)/q-1. The molecule has 0 bridgehead atoms. The van der Waals surface area contributed by atoms with Crippen molar-refractivity contribution in [2.24, 2.45) is 0 Å². The van der Waals surface area contributed by atoms with Gasteiger partial charge in [0.25, 0.3) is 5.56 Å². The Morgan fingerprint density at radius 2 is 1.77 bits per heavy atom. The third kappa shape index (κ3) is 5.28. The summed E-state index contributed by atoms with van der Waals surface area (Å²) < 4.78 is 13.0. The lowest BCUT2D eigenvalue weighted by Gasteiger charge is -2.23. The lowest BCUT2D eigenvalue weighted by atomic mass is 10.0. The fourth-order valence-electron chi connectivity index (χ4n) is 4.70. The quantitative estimate of drug-likeness (QED) is 0.235. The molecule has 1 fully saturated rings. The van der Waals surface area contributed by atoms with Crippen molar-refractivity contribution in [1.82, 2.24) is 20.0 Å². The molecule has 1 saturated heterocycles. The van der Waals surface area contributed by atoms with Crippen LogP contribution in [0.3, 0.4) is 0 Å². The molecule has 1 unspecified atom stereocenters. The molecule has 3 heterocycles. The van der Waals surface area contributed by atoms with Crippen LogP contribution in [0.4, 0.5) is 16.2 Å². The summed E-state index contributed by atoms with van der Waals surface area (Å²) in [5.41, 5.74) is 5.86. The number of fused-ring (bicyclic) bond motifs is 1. The first kappa shape index (κ1) is 25.3. The van der Waals surface area contributed by atoms with Crippen molar-refractivity contribution in [2.75, 3.05) is 17.4 Å². The molecule has 1 atom stereocenters. The number of hydrogen-bond donors (Lipinski definition) is 3. The summed E-state index contributed by atoms with van der Waals surface area (Å²) in [4.78, 5) is 25.0. The van der Waals surface area contributed by atoms with Crippen LogP contribution in [0.15, 0.2) is 83.8 Å². The maximum atomic E-state index is 12.7. The van der Waals surface area contributed by atoms with E-state index in [0.29, 0.717) is 28.4 Å². The number of amides is 1. The number of hydrogen-bond acceptors (Lipinski definition) is 8. The molecule has 3 N–H and O–H groups in total. The van der Waals surface area contributed by atoms with Crippen LogP contribution in [0.1, 0.15) is 25.5 Å². The van der Waals surface area contributed by atoms with E-state index in [4.69, 9.17) is 9.47 Å². The van der Waals surface area contributed by atoms with Gasteiger partial charge in [0.15, 0.2) is 6.23 Å². The van der Waals surface area contributed by atoms with Crippen molar-refractivity contribution < 1.29 is 14.3 Å². The summed E-state index contributed by atoms with van der Waals surface area (Å²) in [5, 5.41) is 25.6. The highest BCUT2D eigenvalue weighted by Gasteiger charge is 2.19. The molecule has 0 aliphatic carbocycles. The molecule has 6 rings (SSSR count). The largest absolute Gasteiger partial charge is 0.761 e. The van der Waals surface area contributed by atoms with E-state index in [-0.39, 0.29) is 11.8 Å². The van der Waals surface area contributed by atoms with E-state index in [0.717, 1.165) is 47.9 Å². The lowest BCUT2D eigenvalue weighted by molar-refractivity contribution is -0.0366. The zero-order chi connectivity index (χ0) is 27.5. The summed E-state index contributed by atoms with van der Waals surface area (Å²) in [5.74, 6) is 0.297. The van der Waals surface area contributed by atoms with E-state index in [1.165, 1.54) is 24.3 Å². The molecule has 0 radical (unpaired) electrons. The topological polar surface area (TPSA) is 146 Å². The van der Waals surface area contributed by atoms with E-state index < -0.39 is 6.09 Å². The Balaban J connectivity index is 1.18. The minimum absolute atomic E-state index is 0.0684. The summed E-state index contributed by atoms with van der Waals surface area (Å²) in [6.07, 6.45) is 4.16. The third-order valence-electron chi connectivity index (χ3n) is 6.75. The predicted molar refractivity (Wildman–Crippen MR) is 151 cm³/mol. The van der Waals surface area contributed by atoms with Gasteiger partial charge in [0.05, 0.1) is 23.0 Å². The Bertz CT molecular complexity index is 1710. The van der Waals surface area contributed by atoms with Gasteiger partial charge in [-0.15, -0.1) is 0 Å². The number of carbonyl (C=O) groups is 1. The van der Waals surface area contributed by atoms with Crippen molar-refractivity contribution >= 4 is 28.4 Å². The number of ether oxygens (including phenoxy) is 2. The summed E-state index contributed by atoms with van der Waals surface area (Å²) in [6, 6.07) is 20.6. The van der Waals surface area contributed by atoms with Gasteiger partial charge in [0, 0.05) is 28.9 Å². The van der Waals surface area contributed by atoms with E-state index in [1.807, 2.05) is 22.9 Å². The highest BCUT2D eigenvalue weighted by Crippen LogP contribution is 2.29. The number of nitrogens with one attached hydrogen (secondary N) is 3. The summed E-state index contributed by atoms with van der Waals surface area (Å²) in [6.45, 7) is 0.733. The van der Waals surface area contributed by atoms with E-state index in [1.54, 1.807) is 42.0 Å². The van der Waals surface area contributed by atoms with Crippen molar-refractivity contribution in [3.05, 3.63) is 94.6 Å². The first-order valence-electron chi connectivity index (χ1n) is 12.8. The van der Waals surface area contributed by atoms with Crippen molar-refractivity contribution in [1.29, 1.82) is 0 Å². The zero-order valence-electron chi connectivity index (χ0n) is 21.3. The van der Waals surface area contributed by atoms with Crippen molar-refractivity contribution in [3.8, 4) is 28.1 Å². The molecule has 1 aliphatic heterocycles. The van der Waals surface area contributed by atoms with Crippen LogP contribution in [0.2, 0.25) is 0 Å². The number of benzene rings is 3. The van der Waals surface area contributed by atoms with Crippen LogP contribution in [0.25, 0.3) is 33.3 Å². The lowest BCUT2D eigenvalue weighted by Crippen LogP contribution is -2.18. The molecule has 3 aromatic carbocycles. The normalized spacial score (nSPS) is 15.1. The van der Waals surface area contributed by atoms with Gasteiger partial charge in [-0.25, -0.2) is 14.6 Å². The van der Waals surface area contributed by atoms with E-state index in [2.05, 4.69) is 20.6 Å². The van der Waals surface area contributed by atoms with E-state index in [9.17, 15) is 14.8 Å². The Hall–Kier alpha value is -5.00. The van der Waals surface area contributed by atoms with Crippen LogP contribution < -0.4 is 21.1 Å². The van der Waals surface area contributed by atoms with Gasteiger partial charge in [0.2, 0.25) is 0 Å². The third-order valence-corrected chi connectivity index (χ3v) is 6.75. The van der Waals surface area contributed by atoms with Gasteiger partial charge < -0.3 is 20.2 Å². The number of H-pyrrole nitrogens is 1. The Labute approximate surface area is 228 Å². The highest BCUT2D eigenvalue weighted by atomic mass is 16.6. The summed E-state index contributed by atoms with van der Waals surface area (Å²) >= 11 is 0. The van der Waals surface area contributed by atoms with Crippen LogP contribution >= 0.6 is 0 Å². The molecule has 40 heavy (non-hydrogen) atoms. The number of aromatic amines is 1. The molecule has 2 aromatic heterocycles. The van der Waals surface area contributed by atoms with Gasteiger partial charge >= 0.3 is 6.09 Å². The van der Waals surface area contributed by atoms with E-state index >= 15 is 0 Å². The fraction of sp³-hybridized carbons (Fsp3) is 0.172. The number of carbonyl (C=O) groups excluding carboxylic acids is 1. The van der Waals surface area contributed by atoms with Gasteiger partial charge in [0.1, 0.15) is 5.75 Å². The maximum absolute atomic E-state index is 12.7. The molecule has 0 spiro atoms. The highest BCUT2D eigenvalue weighted by molar-refractivity contribution is 5.87. The molecule has 5 aromatic rings. The Morgan fingerprint density at radius 3 is 2.52 bits per heavy atom. The first-order valence-corrected chi connectivity index (χ1v) is 12.8. The van der Waals surface area contributed by atoms with Crippen LogP contribution in [0.5, 0.6) is 5.75 Å². The van der Waals surface area contributed by atoms with Gasteiger partial charge in [-0.1, -0.05) is 18.2 Å². The SMILES string of the molecule is O=C(Nc1ccc(-c2cc(-c3ccc4c(cnn4C4CCCCO4)c3)c(=O)[nH]n2)cc1)Oc1ccc(N[O-])cc1. The van der Waals surface area contributed by atoms with Crippen molar-refractivity contribution in [2.45, 2.75) is 25.5 Å². The van der Waals surface area contributed by atoms with Gasteiger partial charge in [-0.2, -0.15) is 10.2 Å². The molecular formula is C29H25N6O5-. The van der Waals surface area contributed by atoms with Gasteiger partial charge in [-0.05, 0) is 79.4 Å². The first-order chi connectivity index (χ1) is 19.6. The predicted octanol–water partition coefficient (Wildman–Crippen LogP) is 5.67. The molecular weight excluding hydrogens is 512 g/mol. The Morgan fingerprint density at radius 1 is 1.00 bits per heavy atom.